The predicted octanol–water partition coefficient (Wildman–Crippen LogP) is 4.17. The number of anilines is 1. The highest BCUT2D eigenvalue weighted by Crippen LogP contribution is 2.35. The van der Waals surface area contributed by atoms with Gasteiger partial charge < -0.3 is 10.0 Å². The van der Waals surface area contributed by atoms with Gasteiger partial charge in [-0.25, -0.2) is 4.39 Å². The van der Waals surface area contributed by atoms with Crippen LogP contribution in [0.3, 0.4) is 0 Å². The SMILES string of the molecule is O=C(CCc1cc(F)cc(Cl)c1)[C@]1(O)CCN(c2cccc(C(F)(F)F)c2)C1=O. The number of amides is 1. The standard InChI is InChI=1S/C20H16ClF4NO3/c21-14-8-12(9-15(22)11-14)4-5-17(27)19(29)6-7-26(18(19)28)16-3-1-2-13(10-16)20(23,24)25/h1-3,8-11,29H,4-7H2/t19-/m1/s1. The van der Waals surface area contributed by atoms with E-state index in [1.165, 1.54) is 18.2 Å². The zero-order valence-electron chi connectivity index (χ0n) is 15.0. The van der Waals surface area contributed by atoms with Gasteiger partial charge >= 0.3 is 6.18 Å². The maximum atomic E-state index is 13.4. The topological polar surface area (TPSA) is 57.6 Å². The summed E-state index contributed by atoms with van der Waals surface area (Å²) in [6, 6.07) is 7.88. The Kier molecular flexibility index (Phi) is 5.69. The highest BCUT2D eigenvalue weighted by Gasteiger charge is 2.51. The Morgan fingerprint density at radius 2 is 1.93 bits per heavy atom. The maximum Gasteiger partial charge on any atom is 0.416 e. The first-order valence-electron chi connectivity index (χ1n) is 8.70. The summed E-state index contributed by atoms with van der Waals surface area (Å²) in [6.45, 7) is -0.103. The first-order chi connectivity index (χ1) is 13.5. The minimum atomic E-state index is -4.59. The Morgan fingerprint density at radius 3 is 2.59 bits per heavy atom. The van der Waals surface area contributed by atoms with Crippen molar-refractivity contribution in [1.29, 1.82) is 0 Å². The maximum absolute atomic E-state index is 13.4. The van der Waals surface area contributed by atoms with Crippen LogP contribution < -0.4 is 4.90 Å². The number of hydrogen-bond donors (Lipinski definition) is 1. The lowest BCUT2D eigenvalue weighted by molar-refractivity contribution is -0.147. The summed E-state index contributed by atoms with van der Waals surface area (Å²) >= 11 is 5.76. The summed E-state index contributed by atoms with van der Waals surface area (Å²) in [5, 5.41) is 10.8. The zero-order valence-corrected chi connectivity index (χ0v) is 15.7. The third-order valence-corrected chi connectivity index (χ3v) is 5.02. The van der Waals surface area contributed by atoms with E-state index in [0.29, 0.717) is 5.56 Å². The fourth-order valence-electron chi connectivity index (χ4n) is 3.28. The lowest BCUT2D eigenvalue weighted by Crippen LogP contribution is -2.47. The van der Waals surface area contributed by atoms with Crippen molar-refractivity contribution in [2.24, 2.45) is 0 Å². The minimum Gasteiger partial charge on any atom is -0.373 e. The number of aryl methyl sites for hydroxylation is 1. The van der Waals surface area contributed by atoms with Crippen LogP contribution in [0.4, 0.5) is 23.2 Å². The molecule has 9 heteroatoms. The summed E-state index contributed by atoms with van der Waals surface area (Å²) in [4.78, 5) is 26.1. The number of halogens is 5. The Bertz CT molecular complexity index is 943. The molecule has 4 nitrogen and oxygen atoms in total. The lowest BCUT2D eigenvalue weighted by atomic mass is 9.92. The van der Waals surface area contributed by atoms with Crippen LogP contribution in [-0.4, -0.2) is 28.9 Å². The molecule has 0 radical (unpaired) electrons. The summed E-state index contributed by atoms with van der Waals surface area (Å²) in [5.41, 5.74) is -2.89. The van der Waals surface area contributed by atoms with Gasteiger partial charge in [0.15, 0.2) is 5.78 Å². The van der Waals surface area contributed by atoms with Crippen LogP contribution in [0.1, 0.15) is 24.0 Å². The van der Waals surface area contributed by atoms with E-state index in [0.717, 1.165) is 29.2 Å². The van der Waals surface area contributed by atoms with Gasteiger partial charge in [-0.1, -0.05) is 17.7 Å². The van der Waals surface area contributed by atoms with Crippen molar-refractivity contribution in [2.75, 3.05) is 11.4 Å². The number of carbonyl (C=O) groups excluding carboxylic acids is 2. The molecule has 1 heterocycles. The number of benzene rings is 2. The molecule has 1 saturated heterocycles. The molecule has 1 N–H and O–H groups in total. The van der Waals surface area contributed by atoms with Crippen LogP contribution in [0, 0.1) is 5.82 Å². The van der Waals surface area contributed by atoms with Crippen LogP contribution in [0.2, 0.25) is 5.02 Å². The normalized spacial score (nSPS) is 19.7. The van der Waals surface area contributed by atoms with Crippen LogP contribution in [0.5, 0.6) is 0 Å². The second-order valence-electron chi connectivity index (χ2n) is 6.82. The van der Waals surface area contributed by atoms with Crippen LogP contribution in [-0.2, 0) is 22.2 Å². The summed E-state index contributed by atoms with van der Waals surface area (Å²) in [6.07, 6.45) is -5.03. The average Bonchev–Trinajstić information content (AvgIpc) is 2.94. The van der Waals surface area contributed by atoms with Crippen molar-refractivity contribution in [1.82, 2.24) is 0 Å². The van der Waals surface area contributed by atoms with E-state index < -0.39 is 34.8 Å². The number of Topliss-reactive ketones (excluding diaryl/α,β-unsaturated/α-hetero) is 1. The van der Waals surface area contributed by atoms with Gasteiger partial charge in [0.1, 0.15) is 5.82 Å². The van der Waals surface area contributed by atoms with E-state index in [2.05, 4.69) is 0 Å². The van der Waals surface area contributed by atoms with Crippen LogP contribution in [0.15, 0.2) is 42.5 Å². The Balaban J connectivity index is 1.74. The van der Waals surface area contributed by atoms with Gasteiger partial charge in [-0.15, -0.1) is 0 Å². The summed E-state index contributed by atoms with van der Waals surface area (Å²) < 4.78 is 52.1. The van der Waals surface area contributed by atoms with E-state index in [1.54, 1.807) is 0 Å². The van der Waals surface area contributed by atoms with Gasteiger partial charge in [-0.05, 0) is 48.4 Å². The highest BCUT2D eigenvalue weighted by atomic mass is 35.5. The average molecular weight is 430 g/mol. The van der Waals surface area contributed by atoms with Gasteiger partial charge in [0.25, 0.3) is 5.91 Å². The van der Waals surface area contributed by atoms with E-state index in [4.69, 9.17) is 11.6 Å². The number of alkyl halides is 3. The molecule has 0 saturated carbocycles. The molecule has 1 atom stereocenters. The van der Waals surface area contributed by atoms with Crippen LogP contribution in [0.25, 0.3) is 0 Å². The first kappa shape index (κ1) is 21.3. The van der Waals surface area contributed by atoms with Crippen LogP contribution >= 0.6 is 11.6 Å². The van der Waals surface area contributed by atoms with E-state index in [-0.39, 0.29) is 36.5 Å². The lowest BCUT2D eigenvalue weighted by Gasteiger charge is -2.22. The summed E-state index contributed by atoms with van der Waals surface area (Å²) in [5.74, 6) is -2.33. The molecule has 1 aliphatic heterocycles. The fraction of sp³-hybridized carbons (Fsp3) is 0.300. The zero-order chi connectivity index (χ0) is 21.4. The Morgan fingerprint density at radius 1 is 1.21 bits per heavy atom. The number of nitrogens with zero attached hydrogens (tertiary/aromatic N) is 1. The van der Waals surface area contributed by atoms with Crippen molar-refractivity contribution in [3.8, 4) is 0 Å². The monoisotopic (exact) mass is 429 g/mol. The molecular weight excluding hydrogens is 414 g/mol. The van der Waals surface area contributed by atoms with Gasteiger partial charge in [-0.2, -0.15) is 13.2 Å². The van der Waals surface area contributed by atoms with Gasteiger partial charge in [-0.3, -0.25) is 9.59 Å². The largest absolute Gasteiger partial charge is 0.416 e. The van der Waals surface area contributed by atoms with E-state index in [1.807, 2.05) is 0 Å². The number of carbonyl (C=O) groups is 2. The number of rotatable bonds is 5. The second kappa shape index (κ2) is 7.76. The van der Waals surface area contributed by atoms with Gasteiger partial charge in [0.05, 0.1) is 5.56 Å². The Labute approximate surface area is 168 Å². The predicted molar refractivity (Wildman–Crippen MR) is 98.1 cm³/mol. The highest BCUT2D eigenvalue weighted by molar-refractivity contribution is 6.30. The fourth-order valence-corrected chi connectivity index (χ4v) is 3.52. The molecule has 2 aromatic rings. The molecule has 0 spiro atoms. The molecule has 1 fully saturated rings. The molecule has 3 rings (SSSR count). The van der Waals surface area contributed by atoms with Gasteiger partial charge in [0, 0.05) is 30.1 Å². The molecule has 0 aromatic heterocycles. The molecule has 0 bridgehead atoms. The molecule has 2 aromatic carbocycles. The molecule has 154 valence electrons. The van der Waals surface area contributed by atoms with Crippen molar-refractivity contribution >= 4 is 29.0 Å². The quantitative estimate of drug-likeness (QED) is 0.573. The third kappa shape index (κ3) is 4.43. The molecule has 29 heavy (non-hydrogen) atoms. The van der Waals surface area contributed by atoms with Gasteiger partial charge in [0.2, 0.25) is 5.60 Å². The number of hydrogen-bond acceptors (Lipinski definition) is 3. The van der Waals surface area contributed by atoms with E-state index in [9.17, 15) is 32.3 Å². The molecular formula is C20H16ClF4NO3. The van der Waals surface area contributed by atoms with Crippen molar-refractivity contribution in [3.05, 3.63) is 64.4 Å². The smallest absolute Gasteiger partial charge is 0.373 e. The molecule has 0 unspecified atom stereocenters. The number of ketones is 1. The van der Waals surface area contributed by atoms with E-state index >= 15 is 0 Å². The first-order valence-corrected chi connectivity index (χ1v) is 9.08. The third-order valence-electron chi connectivity index (χ3n) is 4.81. The molecule has 1 aliphatic rings. The number of aliphatic hydroxyl groups is 1. The molecule has 0 aliphatic carbocycles. The Hall–Kier alpha value is -2.45. The van der Waals surface area contributed by atoms with Crippen molar-refractivity contribution in [2.45, 2.75) is 31.0 Å². The van der Waals surface area contributed by atoms with Crippen molar-refractivity contribution < 1.29 is 32.3 Å². The minimum absolute atomic E-state index is 0.0505. The molecule has 1 amide bonds. The van der Waals surface area contributed by atoms with Crippen molar-refractivity contribution in [3.63, 3.8) is 0 Å². The second-order valence-corrected chi connectivity index (χ2v) is 7.25. The summed E-state index contributed by atoms with van der Waals surface area (Å²) in [7, 11) is 0.